The third kappa shape index (κ3) is 3.00. The standard InChI is InChI=1S/C13H9N3O5/c17-12(8-4-1-2-5-9(8)13(18)19)15-10-6-3-7-14-11(10)16(20)21/h1-7H,(H,15,17)(H,18,19). The van der Waals surface area contributed by atoms with Crippen molar-refractivity contribution < 1.29 is 19.6 Å². The van der Waals surface area contributed by atoms with Gasteiger partial charge in [0.1, 0.15) is 11.9 Å². The second-order valence-corrected chi connectivity index (χ2v) is 3.94. The number of carbonyl (C=O) groups is 2. The van der Waals surface area contributed by atoms with Crippen molar-refractivity contribution in [2.24, 2.45) is 0 Å². The highest BCUT2D eigenvalue weighted by atomic mass is 16.6. The Hall–Kier alpha value is -3.29. The molecule has 1 amide bonds. The van der Waals surface area contributed by atoms with Crippen LogP contribution in [0.5, 0.6) is 0 Å². The maximum atomic E-state index is 12.1. The molecule has 0 spiro atoms. The number of nitro groups is 1. The number of hydrogen-bond acceptors (Lipinski definition) is 5. The van der Waals surface area contributed by atoms with Crippen LogP contribution in [0, 0.1) is 10.1 Å². The molecule has 0 radical (unpaired) electrons. The van der Waals surface area contributed by atoms with Gasteiger partial charge in [0.25, 0.3) is 5.91 Å². The van der Waals surface area contributed by atoms with E-state index in [0.717, 1.165) is 0 Å². The number of carbonyl (C=O) groups excluding carboxylic acids is 1. The fraction of sp³-hybridized carbons (Fsp3) is 0. The van der Waals surface area contributed by atoms with Crippen LogP contribution in [0.3, 0.4) is 0 Å². The zero-order valence-electron chi connectivity index (χ0n) is 10.5. The lowest BCUT2D eigenvalue weighted by Crippen LogP contribution is -2.17. The number of aromatic nitrogens is 1. The van der Waals surface area contributed by atoms with Gasteiger partial charge in [0.15, 0.2) is 0 Å². The predicted octanol–water partition coefficient (Wildman–Crippen LogP) is 1.94. The lowest BCUT2D eigenvalue weighted by atomic mass is 10.1. The number of hydrogen-bond donors (Lipinski definition) is 2. The molecule has 1 aromatic heterocycles. The van der Waals surface area contributed by atoms with Crippen LogP contribution in [0.2, 0.25) is 0 Å². The van der Waals surface area contributed by atoms with Gasteiger partial charge in [-0.1, -0.05) is 12.1 Å². The monoisotopic (exact) mass is 287 g/mol. The van der Waals surface area contributed by atoms with Gasteiger partial charge in [0.2, 0.25) is 0 Å². The zero-order chi connectivity index (χ0) is 15.4. The number of carboxylic acid groups (broad SMARTS) is 1. The number of nitrogens with zero attached hydrogens (tertiary/aromatic N) is 2. The largest absolute Gasteiger partial charge is 0.478 e. The molecule has 8 nitrogen and oxygen atoms in total. The van der Waals surface area contributed by atoms with E-state index in [1.165, 1.54) is 42.6 Å². The Kier molecular flexibility index (Phi) is 3.89. The molecule has 21 heavy (non-hydrogen) atoms. The summed E-state index contributed by atoms with van der Waals surface area (Å²) < 4.78 is 0. The van der Waals surface area contributed by atoms with Crippen molar-refractivity contribution in [3.05, 3.63) is 63.8 Å². The summed E-state index contributed by atoms with van der Waals surface area (Å²) in [5.74, 6) is -2.54. The minimum atomic E-state index is -1.26. The Morgan fingerprint density at radius 3 is 2.43 bits per heavy atom. The summed E-state index contributed by atoms with van der Waals surface area (Å²) in [7, 11) is 0. The second kappa shape index (κ2) is 5.78. The molecule has 0 bridgehead atoms. The molecule has 0 saturated heterocycles. The van der Waals surface area contributed by atoms with Gasteiger partial charge in [0, 0.05) is 0 Å². The van der Waals surface area contributed by atoms with Gasteiger partial charge in [0.05, 0.1) is 11.1 Å². The highest BCUT2D eigenvalue weighted by Gasteiger charge is 2.20. The number of anilines is 1. The van der Waals surface area contributed by atoms with Crippen LogP contribution in [0.4, 0.5) is 11.5 Å². The van der Waals surface area contributed by atoms with Crippen LogP contribution in [0.1, 0.15) is 20.7 Å². The van der Waals surface area contributed by atoms with Crippen molar-refractivity contribution in [3.63, 3.8) is 0 Å². The minimum Gasteiger partial charge on any atom is -0.478 e. The lowest BCUT2D eigenvalue weighted by molar-refractivity contribution is -0.388. The summed E-state index contributed by atoms with van der Waals surface area (Å²) in [6, 6.07) is 8.31. The van der Waals surface area contributed by atoms with E-state index in [1.807, 2.05) is 0 Å². The highest BCUT2D eigenvalue weighted by molar-refractivity contribution is 6.11. The summed E-state index contributed by atoms with van der Waals surface area (Å²) in [4.78, 5) is 36.8. The van der Waals surface area contributed by atoms with Gasteiger partial charge in [-0.3, -0.25) is 4.79 Å². The van der Waals surface area contributed by atoms with Crippen LogP contribution >= 0.6 is 0 Å². The first-order valence-electron chi connectivity index (χ1n) is 5.74. The van der Waals surface area contributed by atoms with E-state index in [4.69, 9.17) is 5.11 Å². The molecular weight excluding hydrogens is 278 g/mol. The molecule has 0 aliphatic rings. The summed E-state index contributed by atoms with van der Waals surface area (Å²) in [6.07, 6.45) is 1.22. The predicted molar refractivity (Wildman–Crippen MR) is 72.2 cm³/mol. The average Bonchev–Trinajstić information content (AvgIpc) is 2.47. The Bertz CT molecular complexity index is 729. The molecule has 1 heterocycles. The second-order valence-electron chi connectivity index (χ2n) is 3.94. The molecule has 2 N–H and O–H groups in total. The number of aromatic carboxylic acids is 1. The van der Waals surface area contributed by atoms with E-state index in [2.05, 4.69) is 10.3 Å². The summed E-state index contributed by atoms with van der Waals surface area (Å²) >= 11 is 0. The molecule has 8 heteroatoms. The minimum absolute atomic E-state index is 0.0943. The molecule has 0 unspecified atom stereocenters. The number of benzene rings is 1. The number of amides is 1. The SMILES string of the molecule is O=C(O)c1ccccc1C(=O)Nc1cccnc1[N+](=O)[O-]. The Morgan fingerprint density at radius 2 is 1.81 bits per heavy atom. The van der Waals surface area contributed by atoms with Crippen molar-refractivity contribution in [1.29, 1.82) is 0 Å². The van der Waals surface area contributed by atoms with Crippen molar-refractivity contribution in [2.45, 2.75) is 0 Å². The molecule has 0 aliphatic heterocycles. The van der Waals surface area contributed by atoms with Crippen LogP contribution in [0.25, 0.3) is 0 Å². The van der Waals surface area contributed by atoms with Crippen LogP contribution < -0.4 is 5.32 Å². The molecule has 0 aliphatic carbocycles. The van der Waals surface area contributed by atoms with Gasteiger partial charge in [-0.25, -0.2) is 4.79 Å². The van der Waals surface area contributed by atoms with Crippen LogP contribution in [-0.2, 0) is 0 Å². The van der Waals surface area contributed by atoms with Crippen molar-refractivity contribution in [2.75, 3.05) is 5.32 Å². The fourth-order valence-electron chi connectivity index (χ4n) is 1.70. The molecule has 0 atom stereocenters. The Balaban J connectivity index is 2.36. The normalized spacial score (nSPS) is 9.90. The number of pyridine rings is 1. The molecule has 0 saturated carbocycles. The quantitative estimate of drug-likeness (QED) is 0.654. The molecule has 2 aromatic rings. The van der Waals surface area contributed by atoms with Crippen LogP contribution in [0.15, 0.2) is 42.6 Å². The number of rotatable bonds is 4. The third-order valence-electron chi connectivity index (χ3n) is 2.61. The average molecular weight is 287 g/mol. The summed E-state index contributed by atoms with van der Waals surface area (Å²) in [6.45, 7) is 0. The lowest BCUT2D eigenvalue weighted by Gasteiger charge is -2.07. The van der Waals surface area contributed by atoms with E-state index in [0.29, 0.717) is 0 Å². The van der Waals surface area contributed by atoms with E-state index in [1.54, 1.807) is 0 Å². The first-order chi connectivity index (χ1) is 10.0. The zero-order valence-corrected chi connectivity index (χ0v) is 10.5. The Morgan fingerprint density at radius 1 is 1.14 bits per heavy atom. The van der Waals surface area contributed by atoms with Crippen molar-refractivity contribution >= 4 is 23.4 Å². The smallest absolute Gasteiger partial charge is 0.387 e. The topological polar surface area (TPSA) is 122 Å². The fourth-order valence-corrected chi connectivity index (χ4v) is 1.70. The number of carboxylic acids is 1. The van der Waals surface area contributed by atoms with Crippen molar-refractivity contribution in [3.8, 4) is 0 Å². The summed E-state index contributed by atoms with van der Waals surface area (Å²) in [5, 5.41) is 22.1. The first-order valence-corrected chi connectivity index (χ1v) is 5.74. The molecule has 106 valence electrons. The first kappa shape index (κ1) is 14.1. The van der Waals surface area contributed by atoms with E-state index in [-0.39, 0.29) is 16.8 Å². The van der Waals surface area contributed by atoms with Gasteiger partial charge in [-0.15, -0.1) is 0 Å². The van der Waals surface area contributed by atoms with Crippen LogP contribution in [-0.4, -0.2) is 26.9 Å². The molecule has 0 fully saturated rings. The third-order valence-corrected chi connectivity index (χ3v) is 2.61. The number of nitrogens with one attached hydrogen (secondary N) is 1. The van der Waals surface area contributed by atoms with Gasteiger partial charge < -0.3 is 20.5 Å². The maximum absolute atomic E-state index is 12.1. The highest BCUT2D eigenvalue weighted by Crippen LogP contribution is 2.21. The van der Waals surface area contributed by atoms with E-state index < -0.39 is 22.6 Å². The summed E-state index contributed by atoms with van der Waals surface area (Å²) in [5.41, 5.74) is -0.391. The van der Waals surface area contributed by atoms with Gasteiger partial charge >= 0.3 is 11.8 Å². The maximum Gasteiger partial charge on any atom is 0.387 e. The van der Waals surface area contributed by atoms with Gasteiger partial charge in [-0.2, -0.15) is 0 Å². The molecular formula is C13H9N3O5. The molecule has 2 rings (SSSR count). The van der Waals surface area contributed by atoms with Gasteiger partial charge in [-0.05, 0) is 34.2 Å². The van der Waals surface area contributed by atoms with E-state index in [9.17, 15) is 19.7 Å². The van der Waals surface area contributed by atoms with E-state index >= 15 is 0 Å². The Labute approximate surface area is 118 Å². The van der Waals surface area contributed by atoms with Crippen molar-refractivity contribution in [1.82, 2.24) is 4.98 Å². The molecule has 1 aromatic carbocycles.